The van der Waals surface area contributed by atoms with E-state index in [9.17, 15) is 10.1 Å². The molecule has 0 saturated carbocycles. The summed E-state index contributed by atoms with van der Waals surface area (Å²) in [4.78, 5) is 17.7. The molecule has 1 fully saturated rings. The number of amides is 1. The number of allylic oxidation sites excluding steroid dienone is 2. The Balaban J connectivity index is 1.56. The van der Waals surface area contributed by atoms with E-state index in [2.05, 4.69) is 59.5 Å². The molecule has 1 aliphatic heterocycles. The van der Waals surface area contributed by atoms with Gasteiger partial charge in [0.15, 0.2) is 0 Å². The number of piperidine rings is 1. The number of rotatable bonds is 9. The molecular weight excluding hydrogens is 466 g/mol. The van der Waals surface area contributed by atoms with Gasteiger partial charge in [-0.2, -0.15) is 5.26 Å². The maximum atomic E-state index is 13.4. The van der Waals surface area contributed by atoms with Crippen molar-refractivity contribution in [3.05, 3.63) is 53.1 Å². The highest BCUT2D eigenvalue weighted by atomic mass is 28.3. The molecule has 0 radical (unpaired) electrons. The van der Waals surface area contributed by atoms with E-state index in [-0.39, 0.29) is 18.5 Å². The van der Waals surface area contributed by atoms with Crippen LogP contribution in [0.15, 0.2) is 30.5 Å². The first-order chi connectivity index (χ1) is 17.4. The summed E-state index contributed by atoms with van der Waals surface area (Å²) in [6, 6.07) is 9.64. The molecule has 8 heteroatoms. The first-order valence-corrected chi connectivity index (χ1v) is 17.0. The molecular formula is C28H39N5O2Si. The zero-order valence-electron chi connectivity index (χ0n) is 21.9. The molecule has 192 valence electrons. The minimum Gasteiger partial charge on any atom is -0.361 e. The van der Waals surface area contributed by atoms with Crippen LogP contribution in [0.5, 0.6) is 0 Å². The fourth-order valence-electron chi connectivity index (χ4n) is 4.92. The smallest absolute Gasteiger partial charge is 0.291 e. The lowest BCUT2D eigenvalue weighted by Crippen LogP contribution is -2.26. The maximum Gasteiger partial charge on any atom is 0.291 e. The summed E-state index contributed by atoms with van der Waals surface area (Å²) < 4.78 is 7.42. The standard InChI is InChI=1S/C28H39N5O2Si/c1-36(2,3)16-15-35-20-33-24(18-29)19-31-27(33)28(34)32-26-10-9-23(21-11-13-30-14-12-21)17-25(26)22-7-5-4-6-8-22/h7,9-10,17,19,21,30H,4-6,8,11-16,20H2,1-3H3,(H,32,34). The molecule has 4 rings (SSSR count). The molecule has 0 bridgehead atoms. The molecule has 1 aromatic heterocycles. The summed E-state index contributed by atoms with van der Waals surface area (Å²) in [6.07, 6.45) is 10.5. The van der Waals surface area contributed by atoms with Gasteiger partial charge >= 0.3 is 0 Å². The van der Waals surface area contributed by atoms with Gasteiger partial charge < -0.3 is 15.4 Å². The summed E-state index contributed by atoms with van der Waals surface area (Å²) in [7, 11) is -1.23. The van der Waals surface area contributed by atoms with Crippen molar-refractivity contribution in [3.8, 4) is 6.07 Å². The average Bonchev–Trinajstić information content (AvgIpc) is 3.30. The maximum absolute atomic E-state index is 13.4. The fraction of sp³-hybridized carbons (Fsp3) is 0.536. The van der Waals surface area contributed by atoms with Crippen molar-refractivity contribution in [2.24, 2.45) is 0 Å². The first kappa shape index (κ1) is 26.3. The number of anilines is 1. The quantitative estimate of drug-likeness (QED) is 0.335. The Morgan fingerprint density at radius 3 is 2.78 bits per heavy atom. The number of aromatic nitrogens is 2. The molecule has 7 nitrogen and oxygen atoms in total. The topological polar surface area (TPSA) is 92.0 Å². The number of imidazole rings is 1. The minimum atomic E-state index is -1.23. The second kappa shape index (κ2) is 12.0. The van der Waals surface area contributed by atoms with Crippen LogP contribution in [0, 0.1) is 11.3 Å². The third kappa shape index (κ3) is 6.72. The zero-order chi connectivity index (χ0) is 25.5. The number of nitrogens with zero attached hydrogens (tertiary/aromatic N) is 3. The summed E-state index contributed by atoms with van der Waals surface area (Å²) >= 11 is 0. The first-order valence-electron chi connectivity index (χ1n) is 13.2. The van der Waals surface area contributed by atoms with E-state index in [1.807, 2.05) is 6.07 Å². The Morgan fingerprint density at radius 2 is 2.08 bits per heavy atom. The second-order valence-corrected chi connectivity index (χ2v) is 16.7. The third-order valence-corrected chi connectivity index (χ3v) is 8.83. The van der Waals surface area contributed by atoms with Crippen LogP contribution >= 0.6 is 0 Å². The average molecular weight is 506 g/mol. The lowest BCUT2D eigenvalue weighted by Gasteiger charge is -2.25. The van der Waals surface area contributed by atoms with E-state index in [0.717, 1.165) is 56.1 Å². The van der Waals surface area contributed by atoms with Crippen LogP contribution in [0.25, 0.3) is 5.57 Å². The van der Waals surface area contributed by atoms with Gasteiger partial charge in [0.2, 0.25) is 5.82 Å². The van der Waals surface area contributed by atoms with E-state index in [1.165, 1.54) is 30.2 Å². The number of hydrogen-bond acceptors (Lipinski definition) is 5. The highest BCUT2D eigenvalue weighted by Gasteiger charge is 2.22. The molecule has 2 heterocycles. The lowest BCUT2D eigenvalue weighted by molar-refractivity contribution is 0.0804. The number of nitrogens with one attached hydrogen (secondary N) is 2. The highest BCUT2D eigenvalue weighted by Crippen LogP contribution is 2.36. The molecule has 1 aromatic carbocycles. The molecule has 2 aromatic rings. The molecule has 0 atom stereocenters. The van der Waals surface area contributed by atoms with Crippen molar-refractivity contribution in [2.75, 3.05) is 25.0 Å². The van der Waals surface area contributed by atoms with Gasteiger partial charge in [0.1, 0.15) is 18.5 Å². The molecule has 2 aliphatic rings. The fourth-order valence-corrected chi connectivity index (χ4v) is 5.67. The molecule has 1 aliphatic carbocycles. The van der Waals surface area contributed by atoms with Crippen molar-refractivity contribution < 1.29 is 9.53 Å². The van der Waals surface area contributed by atoms with Crippen LogP contribution in [-0.2, 0) is 11.5 Å². The van der Waals surface area contributed by atoms with Gasteiger partial charge in [0, 0.05) is 25.9 Å². The molecule has 36 heavy (non-hydrogen) atoms. The van der Waals surface area contributed by atoms with Gasteiger partial charge in [-0.15, -0.1) is 0 Å². The predicted octanol–water partition coefficient (Wildman–Crippen LogP) is 5.74. The minimum absolute atomic E-state index is 0.142. The largest absolute Gasteiger partial charge is 0.361 e. The SMILES string of the molecule is C[Si](C)(C)CCOCn1c(C#N)cnc1C(=O)Nc1ccc(C2CCNCC2)cc1C1=CCCCC1. The molecule has 0 unspecified atom stereocenters. The van der Waals surface area contributed by atoms with E-state index < -0.39 is 8.07 Å². The lowest BCUT2D eigenvalue weighted by atomic mass is 9.86. The number of carbonyl (C=O) groups is 1. The van der Waals surface area contributed by atoms with Crippen LogP contribution in [0.1, 0.15) is 71.9 Å². The van der Waals surface area contributed by atoms with Crippen LogP contribution < -0.4 is 10.6 Å². The van der Waals surface area contributed by atoms with E-state index in [1.54, 1.807) is 4.57 Å². The number of benzene rings is 1. The molecule has 1 amide bonds. The number of nitriles is 1. The van der Waals surface area contributed by atoms with E-state index >= 15 is 0 Å². The van der Waals surface area contributed by atoms with E-state index in [4.69, 9.17) is 4.74 Å². The van der Waals surface area contributed by atoms with Crippen molar-refractivity contribution >= 4 is 25.2 Å². The number of hydrogen-bond donors (Lipinski definition) is 2. The van der Waals surface area contributed by atoms with Crippen molar-refractivity contribution in [2.45, 2.75) is 76.9 Å². The van der Waals surface area contributed by atoms with Crippen molar-refractivity contribution in [1.29, 1.82) is 5.26 Å². The third-order valence-electron chi connectivity index (χ3n) is 7.13. The monoisotopic (exact) mass is 505 g/mol. The van der Waals surface area contributed by atoms with Gasteiger partial charge in [0.05, 0.1) is 6.20 Å². The molecule has 2 N–H and O–H groups in total. The summed E-state index contributed by atoms with van der Waals surface area (Å²) in [5.41, 5.74) is 4.90. The Morgan fingerprint density at radius 1 is 1.28 bits per heavy atom. The van der Waals surface area contributed by atoms with Crippen molar-refractivity contribution in [3.63, 3.8) is 0 Å². The van der Waals surface area contributed by atoms with Gasteiger partial charge in [-0.1, -0.05) is 31.8 Å². The molecule has 0 spiro atoms. The van der Waals surface area contributed by atoms with Gasteiger partial charge in [-0.25, -0.2) is 4.98 Å². The Bertz CT molecular complexity index is 1140. The van der Waals surface area contributed by atoms with Crippen LogP contribution in [0.2, 0.25) is 25.7 Å². The molecule has 1 saturated heterocycles. The van der Waals surface area contributed by atoms with Gasteiger partial charge in [0.25, 0.3) is 5.91 Å². The second-order valence-electron chi connectivity index (χ2n) is 11.1. The number of ether oxygens (including phenoxy) is 1. The van der Waals surface area contributed by atoms with Crippen LogP contribution in [0.3, 0.4) is 0 Å². The van der Waals surface area contributed by atoms with Crippen LogP contribution in [-0.4, -0.2) is 43.2 Å². The summed E-state index contributed by atoms with van der Waals surface area (Å²) in [6.45, 7) is 9.73. The predicted molar refractivity (Wildman–Crippen MR) is 147 cm³/mol. The Labute approximate surface area is 216 Å². The normalized spacial score (nSPS) is 16.9. The Hall–Kier alpha value is -2.73. The summed E-state index contributed by atoms with van der Waals surface area (Å²) in [5.74, 6) is 0.424. The van der Waals surface area contributed by atoms with E-state index in [0.29, 0.717) is 18.2 Å². The van der Waals surface area contributed by atoms with Crippen LogP contribution in [0.4, 0.5) is 5.69 Å². The van der Waals surface area contributed by atoms with Crippen molar-refractivity contribution in [1.82, 2.24) is 14.9 Å². The highest BCUT2D eigenvalue weighted by molar-refractivity contribution is 6.76. The Kier molecular flexibility index (Phi) is 8.78. The summed E-state index contributed by atoms with van der Waals surface area (Å²) in [5, 5.41) is 16.1. The zero-order valence-corrected chi connectivity index (χ0v) is 22.9. The van der Waals surface area contributed by atoms with Gasteiger partial charge in [-0.3, -0.25) is 9.36 Å². The number of carbonyl (C=O) groups excluding carboxylic acids is 1. The van der Waals surface area contributed by atoms with Gasteiger partial charge in [-0.05, 0) is 86.8 Å².